The number of nitrogens with one attached hydrogen (secondary N) is 1. The van der Waals surface area contributed by atoms with Crippen molar-refractivity contribution in [3.8, 4) is 0 Å². The van der Waals surface area contributed by atoms with E-state index < -0.39 is 0 Å². The van der Waals surface area contributed by atoms with Gasteiger partial charge in [0.05, 0.1) is 0 Å². The monoisotopic (exact) mass is 397 g/mol. The summed E-state index contributed by atoms with van der Waals surface area (Å²) >= 11 is 1.38. The molecule has 1 saturated heterocycles. The van der Waals surface area contributed by atoms with Crippen LogP contribution in [0.2, 0.25) is 0 Å². The Balaban J connectivity index is 1.56. The van der Waals surface area contributed by atoms with Crippen LogP contribution in [0.5, 0.6) is 0 Å². The number of aromatic nitrogens is 3. The number of hydrogen-bond acceptors (Lipinski definition) is 6. The van der Waals surface area contributed by atoms with E-state index in [1.165, 1.54) is 15.9 Å². The normalized spacial score (nSPS) is 16.7. The number of rotatable bonds is 4. The summed E-state index contributed by atoms with van der Waals surface area (Å²) in [7, 11) is 1.70. The van der Waals surface area contributed by atoms with Gasteiger partial charge in [0.15, 0.2) is 15.5 Å². The molecular weight excluding hydrogens is 374 g/mol. The maximum atomic E-state index is 12.8. The van der Waals surface area contributed by atoms with Crippen LogP contribution < -0.4 is 15.8 Å². The minimum atomic E-state index is -0.269. The molecule has 0 spiro atoms. The highest BCUT2D eigenvalue weighted by Gasteiger charge is 2.33. The van der Waals surface area contributed by atoms with E-state index in [2.05, 4.69) is 15.3 Å². The fourth-order valence-electron chi connectivity index (χ4n) is 3.54. The fourth-order valence-corrected chi connectivity index (χ4v) is 4.60. The Labute approximate surface area is 167 Å². The molecule has 8 heteroatoms. The maximum absolute atomic E-state index is 12.8. The molecule has 0 aliphatic carbocycles. The van der Waals surface area contributed by atoms with E-state index in [-0.39, 0.29) is 17.5 Å². The molecule has 1 N–H and O–H groups in total. The molecule has 1 aromatic carbocycles. The SMILES string of the molecule is Cc1ccccc1CNC(=O)C1CCCN1c1nc2c(=O)n(C)c(C)nc2s1. The third-order valence-electron chi connectivity index (χ3n) is 5.37. The van der Waals surface area contributed by atoms with Crippen LogP contribution in [0.3, 0.4) is 0 Å². The van der Waals surface area contributed by atoms with Crippen molar-refractivity contribution in [1.82, 2.24) is 19.9 Å². The van der Waals surface area contributed by atoms with Crippen molar-refractivity contribution in [1.29, 1.82) is 0 Å². The Morgan fingerprint density at radius 1 is 1.29 bits per heavy atom. The van der Waals surface area contributed by atoms with Gasteiger partial charge in [-0.25, -0.2) is 9.97 Å². The first-order chi connectivity index (χ1) is 13.5. The lowest BCUT2D eigenvalue weighted by Gasteiger charge is -2.23. The first-order valence-electron chi connectivity index (χ1n) is 9.38. The molecule has 1 aliphatic rings. The minimum Gasteiger partial charge on any atom is -0.350 e. The van der Waals surface area contributed by atoms with Crippen molar-refractivity contribution in [2.24, 2.45) is 7.05 Å². The van der Waals surface area contributed by atoms with Crippen molar-refractivity contribution < 1.29 is 4.79 Å². The predicted molar refractivity (Wildman–Crippen MR) is 111 cm³/mol. The highest BCUT2D eigenvalue weighted by atomic mass is 32.1. The van der Waals surface area contributed by atoms with Crippen LogP contribution in [0.15, 0.2) is 29.1 Å². The molecular formula is C20H23N5O2S. The van der Waals surface area contributed by atoms with E-state index >= 15 is 0 Å². The van der Waals surface area contributed by atoms with Gasteiger partial charge in [0.2, 0.25) is 5.91 Å². The average Bonchev–Trinajstić information content (AvgIpc) is 3.32. The number of hydrogen-bond donors (Lipinski definition) is 1. The van der Waals surface area contributed by atoms with Crippen LogP contribution in [-0.4, -0.2) is 33.0 Å². The lowest BCUT2D eigenvalue weighted by Crippen LogP contribution is -2.43. The largest absolute Gasteiger partial charge is 0.350 e. The molecule has 0 saturated carbocycles. The molecule has 146 valence electrons. The van der Waals surface area contributed by atoms with Gasteiger partial charge in [-0.05, 0) is 37.8 Å². The van der Waals surface area contributed by atoms with Crippen LogP contribution in [0.4, 0.5) is 5.13 Å². The third-order valence-corrected chi connectivity index (χ3v) is 6.36. The molecule has 1 unspecified atom stereocenters. The smallest absolute Gasteiger partial charge is 0.280 e. The number of carbonyl (C=O) groups is 1. The minimum absolute atomic E-state index is 0.00273. The Kier molecular flexibility index (Phi) is 4.89. The van der Waals surface area contributed by atoms with Gasteiger partial charge in [-0.2, -0.15) is 0 Å². The molecule has 3 aromatic rings. The molecule has 4 rings (SSSR count). The molecule has 7 nitrogen and oxygen atoms in total. The lowest BCUT2D eigenvalue weighted by molar-refractivity contribution is -0.122. The summed E-state index contributed by atoms with van der Waals surface area (Å²) in [5.74, 6) is 0.652. The number of benzene rings is 1. The summed E-state index contributed by atoms with van der Waals surface area (Å²) in [5, 5.41) is 3.75. The zero-order valence-corrected chi connectivity index (χ0v) is 17.0. The summed E-state index contributed by atoms with van der Waals surface area (Å²) in [5.41, 5.74) is 2.50. The Bertz CT molecular complexity index is 1100. The predicted octanol–water partition coefficient (Wildman–Crippen LogP) is 2.29. The zero-order valence-electron chi connectivity index (χ0n) is 16.2. The molecule has 3 heterocycles. The Hall–Kier alpha value is -2.74. The molecule has 2 aromatic heterocycles. The van der Waals surface area contributed by atoms with Crippen molar-refractivity contribution in [3.63, 3.8) is 0 Å². The first kappa shape index (κ1) is 18.6. The van der Waals surface area contributed by atoms with E-state index in [4.69, 9.17) is 0 Å². The van der Waals surface area contributed by atoms with Gasteiger partial charge in [0.1, 0.15) is 11.9 Å². The standard InChI is InChI=1S/C20H23N5O2S/c1-12-7-4-5-8-14(12)11-21-17(26)15-9-6-10-25(15)20-23-16-18(28-20)22-13(2)24(3)19(16)27/h4-5,7-8,15H,6,9-11H2,1-3H3,(H,21,26). The molecule has 1 atom stereocenters. The third kappa shape index (κ3) is 3.28. The second kappa shape index (κ2) is 7.35. The molecule has 1 amide bonds. The van der Waals surface area contributed by atoms with Gasteiger partial charge < -0.3 is 10.2 Å². The highest BCUT2D eigenvalue weighted by molar-refractivity contribution is 7.21. The number of amides is 1. The van der Waals surface area contributed by atoms with E-state index in [1.54, 1.807) is 14.0 Å². The van der Waals surface area contributed by atoms with Crippen molar-refractivity contribution in [2.45, 2.75) is 39.3 Å². The Morgan fingerprint density at radius 3 is 2.86 bits per heavy atom. The number of carbonyl (C=O) groups excluding carboxylic acids is 1. The van der Waals surface area contributed by atoms with E-state index in [0.717, 1.165) is 30.5 Å². The number of nitrogens with zero attached hydrogens (tertiary/aromatic N) is 4. The van der Waals surface area contributed by atoms with Crippen LogP contribution in [0.25, 0.3) is 10.3 Å². The number of fused-ring (bicyclic) bond motifs is 1. The van der Waals surface area contributed by atoms with Crippen molar-refractivity contribution in [2.75, 3.05) is 11.4 Å². The summed E-state index contributed by atoms with van der Waals surface area (Å²) in [4.78, 5) is 36.9. The molecule has 1 aliphatic heterocycles. The molecule has 1 fully saturated rings. The van der Waals surface area contributed by atoms with Gasteiger partial charge in [-0.15, -0.1) is 0 Å². The van der Waals surface area contributed by atoms with Gasteiger partial charge >= 0.3 is 0 Å². The Morgan fingerprint density at radius 2 is 2.07 bits per heavy atom. The lowest BCUT2D eigenvalue weighted by atomic mass is 10.1. The maximum Gasteiger partial charge on any atom is 0.280 e. The van der Waals surface area contributed by atoms with E-state index in [9.17, 15) is 9.59 Å². The summed E-state index contributed by atoms with van der Waals surface area (Å²) < 4.78 is 1.50. The van der Waals surface area contributed by atoms with Gasteiger partial charge in [-0.3, -0.25) is 14.2 Å². The number of anilines is 1. The highest BCUT2D eigenvalue weighted by Crippen LogP contribution is 2.31. The number of thiazole rings is 1. The van der Waals surface area contributed by atoms with Crippen LogP contribution >= 0.6 is 11.3 Å². The van der Waals surface area contributed by atoms with Crippen molar-refractivity contribution in [3.05, 3.63) is 51.6 Å². The van der Waals surface area contributed by atoms with Gasteiger partial charge in [-0.1, -0.05) is 35.6 Å². The van der Waals surface area contributed by atoms with Crippen LogP contribution in [0, 0.1) is 13.8 Å². The van der Waals surface area contributed by atoms with Crippen LogP contribution in [-0.2, 0) is 18.4 Å². The van der Waals surface area contributed by atoms with Gasteiger partial charge in [0.25, 0.3) is 5.56 Å². The fraction of sp³-hybridized carbons (Fsp3) is 0.400. The van der Waals surface area contributed by atoms with Crippen LogP contribution in [0.1, 0.15) is 29.8 Å². The topological polar surface area (TPSA) is 80.1 Å². The quantitative estimate of drug-likeness (QED) is 0.731. The molecule has 0 radical (unpaired) electrons. The number of aryl methyl sites for hydroxylation is 2. The zero-order chi connectivity index (χ0) is 19.8. The van der Waals surface area contributed by atoms with Gasteiger partial charge in [0, 0.05) is 20.1 Å². The van der Waals surface area contributed by atoms with Crippen molar-refractivity contribution >= 4 is 32.7 Å². The second-order valence-electron chi connectivity index (χ2n) is 7.17. The average molecular weight is 398 g/mol. The molecule has 28 heavy (non-hydrogen) atoms. The summed E-state index contributed by atoms with van der Waals surface area (Å²) in [6.07, 6.45) is 1.70. The van der Waals surface area contributed by atoms with E-state index in [0.29, 0.717) is 27.8 Å². The second-order valence-corrected chi connectivity index (χ2v) is 8.13. The molecule has 0 bridgehead atoms. The summed E-state index contributed by atoms with van der Waals surface area (Å²) in [6.45, 7) is 5.11. The summed E-state index contributed by atoms with van der Waals surface area (Å²) in [6, 6.07) is 7.77. The first-order valence-corrected chi connectivity index (χ1v) is 10.2. The van der Waals surface area contributed by atoms with E-state index in [1.807, 2.05) is 36.1 Å².